The minimum Gasteiger partial charge on any atom is -0.323 e. The molecule has 2 rings (SSSR count). The van der Waals surface area contributed by atoms with E-state index in [1.54, 1.807) is 0 Å². The standard InChI is InChI=1S/C20H21F3N2O2/c1-11-9-12(2)20(13(3)10-11)25(14(4)26)8-7-17(27)24-16-6-5-15(21)18(22)19(16)23/h5-6,9-10H,7-8H2,1-4H3,(H,24,27). The molecule has 0 radical (unpaired) electrons. The van der Waals surface area contributed by atoms with Crippen LogP contribution in [0, 0.1) is 38.2 Å². The second-order valence-electron chi connectivity index (χ2n) is 6.44. The molecule has 144 valence electrons. The lowest BCUT2D eigenvalue weighted by Crippen LogP contribution is -2.33. The van der Waals surface area contributed by atoms with Crippen LogP contribution in [0.25, 0.3) is 0 Å². The second kappa shape index (κ2) is 8.24. The van der Waals surface area contributed by atoms with E-state index in [0.717, 1.165) is 34.5 Å². The predicted octanol–water partition coefficient (Wildman–Crippen LogP) is 4.41. The summed E-state index contributed by atoms with van der Waals surface area (Å²) >= 11 is 0. The second-order valence-corrected chi connectivity index (χ2v) is 6.44. The Kier molecular flexibility index (Phi) is 6.25. The van der Waals surface area contributed by atoms with Gasteiger partial charge in [-0.15, -0.1) is 0 Å². The maximum Gasteiger partial charge on any atom is 0.226 e. The molecule has 27 heavy (non-hydrogen) atoms. The molecule has 0 aliphatic heterocycles. The van der Waals surface area contributed by atoms with Gasteiger partial charge in [-0.25, -0.2) is 13.2 Å². The normalized spacial score (nSPS) is 10.6. The Morgan fingerprint density at radius 3 is 2.15 bits per heavy atom. The smallest absolute Gasteiger partial charge is 0.226 e. The Morgan fingerprint density at radius 1 is 1.00 bits per heavy atom. The molecule has 0 saturated carbocycles. The van der Waals surface area contributed by atoms with Gasteiger partial charge in [-0.05, 0) is 44.0 Å². The molecule has 0 bridgehead atoms. The van der Waals surface area contributed by atoms with E-state index in [9.17, 15) is 22.8 Å². The van der Waals surface area contributed by atoms with Crippen LogP contribution < -0.4 is 10.2 Å². The van der Waals surface area contributed by atoms with Crippen molar-refractivity contribution in [2.24, 2.45) is 0 Å². The average molecular weight is 378 g/mol. The van der Waals surface area contributed by atoms with Crippen LogP contribution in [-0.4, -0.2) is 18.4 Å². The molecule has 2 aromatic rings. The average Bonchev–Trinajstić information content (AvgIpc) is 2.57. The minimum absolute atomic E-state index is 0.0667. The lowest BCUT2D eigenvalue weighted by atomic mass is 10.0. The van der Waals surface area contributed by atoms with Crippen molar-refractivity contribution in [3.63, 3.8) is 0 Å². The van der Waals surface area contributed by atoms with Crippen molar-refractivity contribution < 1.29 is 22.8 Å². The summed E-state index contributed by atoms with van der Waals surface area (Å²) in [5, 5.41) is 2.20. The van der Waals surface area contributed by atoms with E-state index in [-0.39, 0.29) is 18.9 Å². The number of hydrogen-bond acceptors (Lipinski definition) is 2. The van der Waals surface area contributed by atoms with Crippen LogP contribution in [0.3, 0.4) is 0 Å². The summed E-state index contributed by atoms with van der Waals surface area (Å²) in [7, 11) is 0. The van der Waals surface area contributed by atoms with Gasteiger partial charge in [-0.3, -0.25) is 9.59 Å². The molecular weight excluding hydrogens is 357 g/mol. The maximum absolute atomic E-state index is 13.7. The van der Waals surface area contributed by atoms with Gasteiger partial charge in [-0.2, -0.15) is 0 Å². The fourth-order valence-electron chi connectivity index (χ4n) is 3.07. The van der Waals surface area contributed by atoms with Crippen molar-refractivity contribution >= 4 is 23.2 Å². The van der Waals surface area contributed by atoms with E-state index >= 15 is 0 Å². The van der Waals surface area contributed by atoms with Gasteiger partial charge in [0.1, 0.15) is 0 Å². The Bertz CT molecular complexity index is 874. The minimum atomic E-state index is -1.65. The van der Waals surface area contributed by atoms with Crippen LogP contribution in [0.15, 0.2) is 24.3 Å². The largest absolute Gasteiger partial charge is 0.323 e. The highest BCUT2D eigenvalue weighted by Crippen LogP contribution is 2.27. The molecule has 0 atom stereocenters. The highest BCUT2D eigenvalue weighted by atomic mass is 19.2. The van der Waals surface area contributed by atoms with Gasteiger partial charge >= 0.3 is 0 Å². The molecule has 2 aromatic carbocycles. The van der Waals surface area contributed by atoms with Crippen LogP contribution in [0.4, 0.5) is 24.5 Å². The van der Waals surface area contributed by atoms with Crippen molar-refractivity contribution in [1.29, 1.82) is 0 Å². The molecule has 0 heterocycles. The zero-order valence-corrected chi connectivity index (χ0v) is 15.6. The molecule has 4 nitrogen and oxygen atoms in total. The van der Waals surface area contributed by atoms with Crippen LogP contribution in [0.1, 0.15) is 30.0 Å². The van der Waals surface area contributed by atoms with Crippen LogP contribution in [-0.2, 0) is 9.59 Å². The number of anilines is 2. The maximum atomic E-state index is 13.7. The van der Waals surface area contributed by atoms with Crippen molar-refractivity contribution in [3.8, 4) is 0 Å². The molecule has 7 heteroatoms. The van der Waals surface area contributed by atoms with Gasteiger partial charge < -0.3 is 10.2 Å². The third-order valence-corrected chi connectivity index (χ3v) is 4.16. The third-order valence-electron chi connectivity index (χ3n) is 4.16. The highest BCUT2D eigenvalue weighted by molar-refractivity contribution is 5.96. The van der Waals surface area contributed by atoms with E-state index in [4.69, 9.17) is 0 Å². The summed E-state index contributed by atoms with van der Waals surface area (Å²) < 4.78 is 39.9. The number of carbonyl (C=O) groups excluding carboxylic acids is 2. The molecule has 2 amide bonds. The number of hydrogen-bond donors (Lipinski definition) is 1. The Morgan fingerprint density at radius 2 is 1.59 bits per heavy atom. The van der Waals surface area contributed by atoms with E-state index in [1.165, 1.54) is 11.8 Å². The summed E-state index contributed by atoms with van der Waals surface area (Å²) in [6, 6.07) is 5.56. The molecule has 0 aromatic heterocycles. The highest BCUT2D eigenvalue weighted by Gasteiger charge is 2.19. The van der Waals surface area contributed by atoms with E-state index in [2.05, 4.69) is 5.32 Å². The fourth-order valence-corrected chi connectivity index (χ4v) is 3.07. The number of nitrogens with one attached hydrogen (secondary N) is 1. The molecular formula is C20H21F3N2O2. The van der Waals surface area contributed by atoms with E-state index < -0.39 is 29.0 Å². The van der Waals surface area contributed by atoms with Crippen LogP contribution in [0.5, 0.6) is 0 Å². The van der Waals surface area contributed by atoms with Gasteiger partial charge in [0.05, 0.1) is 5.69 Å². The van der Waals surface area contributed by atoms with Gasteiger partial charge in [0, 0.05) is 25.6 Å². The molecule has 0 spiro atoms. The van der Waals surface area contributed by atoms with Gasteiger partial charge in [0.2, 0.25) is 11.8 Å². The number of amides is 2. The van der Waals surface area contributed by atoms with Gasteiger partial charge in [0.25, 0.3) is 0 Å². The first-order chi connectivity index (χ1) is 12.6. The summed E-state index contributed by atoms with van der Waals surface area (Å²) in [6.45, 7) is 7.17. The summed E-state index contributed by atoms with van der Waals surface area (Å²) in [5.41, 5.74) is 3.13. The summed E-state index contributed by atoms with van der Waals surface area (Å²) in [5.74, 6) is -5.30. The third kappa shape index (κ3) is 4.67. The van der Waals surface area contributed by atoms with E-state index in [0.29, 0.717) is 0 Å². The monoisotopic (exact) mass is 378 g/mol. The van der Waals surface area contributed by atoms with E-state index in [1.807, 2.05) is 32.9 Å². The molecule has 0 saturated heterocycles. The quantitative estimate of drug-likeness (QED) is 0.784. The fraction of sp³-hybridized carbons (Fsp3) is 0.300. The van der Waals surface area contributed by atoms with Crippen molar-refractivity contribution in [2.45, 2.75) is 34.1 Å². The molecule has 0 fully saturated rings. The first-order valence-electron chi connectivity index (χ1n) is 8.41. The molecule has 0 aliphatic rings. The van der Waals surface area contributed by atoms with Gasteiger partial charge in [0.15, 0.2) is 17.5 Å². The lowest BCUT2D eigenvalue weighted by Gasteiger charge is -2.25. The zero-order chi connectivity index (χ0) is 20.3. The molecule has 0 aliphatic carbocycles. The Hall–Kier alpha value is -2.83. The lowest BCUT2D eigenvalue weighted by molar-refractivity contribution is -0.117. The molecule has 1 N–H and O–H groups in total. The van der Waals surface area contributed by atoms with Crippen molar-refractivity contribution in [3.05, 3.63) is 58.4 Å². The number of benzene rings is 2. The first-order valence-corrected chi connectivity index (χ1v) is 8.41. The zero-order valence-electron chi connectivity index (χ0n) is 15.6. The number of nitrogens with zero attached hydrogens (tertiary/aromatic N) is 1. The number of carbonyl (C=O) groups is 2. The molecule has 0 unspecified atom stereocenters. The number of halogens is 3. The van der Waals surface area contributed by atoms with Gasteiger partial charge in [-0.1, -0.05) is 17.7 Å². The van der Waals surface area contributed by atoms with Crippen LogP contribution in [0.2, 0.25) is 0 Å². The number of aryl methyl sites for hydroxylation is 3. The Balaban J connectivity index is 2.14. The number of rotatable bonds is 5. The summed E-state index contributed by atoms with van der Waals surface area (Å²) in [6.07, 6.45) is -0.134. The SMILES string of the molecule is CC(=O)N(CCC(=O)Nc1ccc(F)c(F)c1F)c1c(C)cc(C)cc1C. The topological polar surface area (TPSA) is 49.4 Å². The van der Waals surface area contributed by atoms with Crippen LogP contribution >= 0.6 is 0 Å². The Labute approximate surface area is 156 Å². The first kappa shape index (κ1) is 20.5. The van der Waals surface area contributed by atoms with Crippen molar-refractivity contribution in [2.75, 3.05) is 16.8 Å². The van der Waals surface area contributed by atoms with Crippen molar-refractivity contribution in [1.82, 2.24) is 0 Å². The summed E-state index contributed by atoms with van der Waals surface area (Å²) in [4.78, 5) is 25.7. The predicted molar refractivity (Wildman–Crippen MR) is 98.2 cm³/mol.